The molecule has 11 heavy (non-hydrogen) atoms. The van der Waals surface area contributed by atoms with E-state index < -0.39 is 0 Å². The number of pyridine rings is 2. The van der Waals surface area contributed by atoms with Crippen molar-refractivity contribution in [3.8, 4) is 0 Å². The zero-order valence-corrected chi connectivity index (χ0v) is 5.78. The van der Waals surface area contributed by atoms with E-state index in [1.807, 2.05) is 6.07 Å². The van der Waals surface area contributed by atoms with Crippen molar-refractivity contribution in [3.05, 3.63) is 30.6 Å². The molecule has 0 saturated carbocycles. The Hall–Kier alpha value is -1.64. The van der Waals surface area contributed by atoms with Gasteiger partial charge in [-0.2, -0.15) is 0 Å². The minimum Gasteiger partial charge on any atom is -0.283 e. The lowest BCUT2D eigenvalue weighted by atomic mass is 10.3. The Bertz CT molecular complexity index is 384. The normalized spacial score (nSPS) is 10.2. The van der Waals surface area contributed by atoms with Crippen molar-refractivity contribution in [2.75, 3.05) is 0 Å². The van der Waals surface area contributed by atoms with Crippen LogP contribution in [0.5, 0.6) is 0 Å². The molecule has 2 rings (SSSR count). The van der Waals surface area contributed by atoms with Crippen LogP contribution in [0.4, 0.5) is 5.82 Å². The number of hydrogen-bond donors (Lipinski definition) is 0. The molecule has 0 unspecified atom stereocenters. The third-order valence-corrected chi connectivity index (χ3v) is 1.49. The van der Waals surface area contributed by atoms with Crippen molar-refractivity contribution in [3.63, 3.8) is 0 Å². The summed E-state index contributed by atoms with van der Waals surface area (Å²) in [5, 5.41) is 0.975. The number of nitrogens with one attached hydrogen (secondary N) is 1. The second-order valence-corrected chi connectivity index (χ2v) is 2.26. The molecular weight excluding hydrogens is 138 g/mol. The maximum absolute atomic E-state index is 7.25. The number of hydrogen-bond acceptors (Lipinski definition) is 2. The number of fused-ring (bicyclic) bond motifs is 1. The quantitative estimate of drug-likeness (QED) is 0.563. The van der Waals surface area contributed by atoms with E-state index in [0.717, 1.165) is 10.9 Å². The lowest BCUT2D eigenvalue weighted by Gasteiger charge is -1.94. The highest BCUT2D eigenvalue weighted by Crippen LogP contribution is 2.11. The fourth-order valence-corrected chi connectivity index (χ4v) is 0.965. The fraction of sp³-hybridized carbons (Fsp3) is 0. The molecule has 0 bridgehead atoms. The highest BCUT2D eigenvalue weighted by atomic mass is 14.8. The van der Waals surface area contributed by atoms with Gasteiger partial charge in [-0.05, 0) is 18.2 Å². The van der Waals surface area contributed by atoms with Crippen molar-refractivity contribution in [1.29, 1.82) is 0 Å². The van der Waals surface area contributed by atoms with E-state index in [0.29, 0.717) is 5.82 Å². The average Bonchev–Trinajstić information content (AvgIpc) is 2.04. The van der Waals surface area contributed by atoms with E-state index >= 15 is 0 Å². The van der Waals surface area contributed by atoms with Gasteiger partial charge in [0.05, 0.1) is 5.52 Å². The zero-order valence-electron chi connectivity index (χ0n) is 5.78. The van der Waals surface area contributed by atoms with Gasteiger partial charge in [0.15, 0.2) is 0 Å². The van der Waals surface area contributed by atoms with Crippen LogP contribution in [0.25, 0.3) is 10.9 Å². The van der Waals surface area contributed by atoms with Gasteiger partial charge in [-0.25, -0.2) is 4.98 Å². The minimum atomic E-state index is 0.295. The van der Waals surface area contributed by atoms with Gasteiger partial charge in [-0.15, -0.1) is 0 Å². The molecule has 0 spiro atoms. The molecule has 3 heteroatoms. The third kappa shape index (κ3) is 1.00. The molecule has 0 atom stereocenters. The van der Waals surface area contributed by atoms with Gasteiger partial charge in [0.25, 0.3) is 0 Å². The van der Waals surface area contributed by atoms with Gasteiger partial charge in [0.2, 0.25) is 0 Å². The second kappa shape index (κ2) is 2.20. The monoisotopic (exact) mass is 144 g/mol. The molecule has 0 aliphatic rings. The Kier molecular flexibility index (Phi) is 1.22. The second-order valence-electron chi connectivity index (χ2n) is 2.26. The summed E-state index contributed by atoms with van der Waals surface area (Å²) in [4.78, 5) is 7.94. The van der Waals surface area contributed by atoms with Gasteiger partial charge in [0.1, 0.15) is 5.82 Å². The maximum atomic E-state index is 7.25. The zero-order chi connectivity index (χ0) is 7.68. The van der Waals surface area contributed by atoms with E-state index in [4.69, 9.17) is 5.73 Å². The average molecular weight is 144 g/mol. The highest BCUT2D eigenvalue weighted by Gasteiger charge is 1.92. The van der Waals surface area contributed by atoms with Crippen molar-refractivity contribution in [1.82, 2.24) is 15.7 Å². The van der Waals surface area contributed by atoms with Crippen LogP contribution in [0, 0.1) is 0 Å². The summed E-state index contributed by atoms with van der Waals surface area (Å²) >= 11 is 0. The first-order chi connectivity index (χ1) is 5.36. The van der Waals surface area contributed by atoms with Gasteiger partial charge < -0.3 is 0 Å². The lowest BCUT2D eigenvalue weighted by Crippen LogP contribution is -1.80. The molecule has 2 aromatic rings. The van der Waals surface area contributed by atoms with Crippen molar-refractivity contribution >= 4 is 16.7 Å². The standard InChI is InChI=1S/C8H6N3/c9-8-2-1-6-5-10-4-3-7(6)11-8/h1-5,9H. The molecule has 1 radical (unpaired) electrons. The molecule has 0 aliphatic carbocycles. The summed E-state index contributed by atoms with van der Waals surface area (Å²) in [7, 11) is 0. The molecule has 0 saturated heterocycles. The van der Waals surface area contributed by atoms with E-state index in [1.165, 1.54) is 0 Å². The molecular formula is C8H6N3. The SMILES string of the molecule is [NH]c1ccc2cnccc2n1. The molecule has 53 valence electrons. The molecule has 0 aromatic carbocycles. The Morgan fingerprint density at radius 1 is 1.18 bits per heavy atom. The van der Waals surface area contributed by atoms with Crippen molar-refractivity contribution in [2.45, 2.75) is 0 Å². The van der Waals surface area contributed by atoms with E-state index in [9.17, 15) is 0 Å². The van der Waals surface area contributed by atoms with E-state index in [2.05, 4.69) is 9.97 Å². The third-order valence-electron chi connectivity index (χ3n) is 1.49. The Labute approximate surface area is 63.9 Å². The van der Waals surface area contributed by atoms with Crippen molar-refractivity contribution < 1.29 is 0 Å². The molecule has 2 heterocycles. The van der Waals surface area contributed by atoms with Gasteiger partial charge in [0, 0.05) is 17.8 Å². The summed E-state index contributed by atoms with van der Waals surface area (Å²) < 4.78 is 0. The highest BCUT2D eigenvalue weighted by molar-refractivity contribution is 5.78. The predicted octanol–water partition coefficient (Wildman–Crippen LogP) is 1.54. The molecule has 3 nitrogen and oxygen atoms in total. The molecule has 0 fully saturated rings. The van der Waals surface area contributed by atoms with Crippen LogP contribution in [0.1, 0.15) is 0 Å². The summed E-state index contributed by atoms with van der Waals surface area (Å²) in [5.41, 5.74) is 8.07. The topological polar surface area (TPSA) is 49.6 Å². The van der Waals surface area contributed by atoms with Crippen LogP contribution in [0.3, 0.4) is 0 Å². The number of aromatic nitrogens is 2. The van der Waals surface area contributed by atoms with Crippen LogP contribution in [-0.2, 0) is 0 Å². The van der Waals surface area contributed by atoms with Crippen LogP contribution < -0.4 is 5.73 Å². The Balaban J connectivity index is 2.83. The first-order valence-corrected chi connectivity index (χ1v) is 3.28. The Morgan fingerprint density at radius 3 is 3.00 bits per heavy atom. The first-order valence-electron chi connectivity index (χ1n) is 3.28. The fourth-order valence-electron chi connectivity index (χ4n) is 0.965. The van der Waals surface area contributed by atoms with Gasteiger partial charge >= 0.3 is 0 Å². The molecule has 0 aliphatic heterocycles. The maximum Gasteiger partial charge on any atom is 0.145 e. The van der Waals surface area contributed by atoms with Crippen LogP contribution >= 0.6 is 0 Å². The van der Waals surface area contributed by atoms with Crippen LogP contribution in [0.2, 0.25) is 0 Å². The van der Waals surface area contributed by atoms with Crippen LogP contribution in [0.15, 0.2) is 30.6 Å². The van der Waals surface area contributed by atoms with Gasteiger partial charge in [-0.1, -0.05) is 0 Å². The predicted molar refractivity (Wildman–Crippen MR) is 42.3 cm³/mol. The summed E-state index contributed by atoms with van der Waals surface area (Å²) in [6.07, 6.45) is 3.41. The lowest BCUT2D eigenvalue weighted by molar-refractivity contribution is 1.28. The first kappa shape index (κ1) is 6.09. The molecule has 1 N–H and O–H groups in total. The summed E-state index contributed by atoms with van der Waals surface area (Å²) in [6, 6.07) is 5.30. The Morgan fingerprint density at radius 2 is 2.09 bits per heavy atom. The summed E-state index contributed by atoms with van der Waals surface area (Å²) in [6.45, 7) is 0. The number of nitrogens with zero attached hydrogens (tertiary/aromatic N) is 2. The van der Waals surface area contributed by atoms with Gasteiger partial charge in [-0.3, -0.25) is 10.7 Å². The van der Waals surface area contributed by atoms with E-state index in [-0.39, 0.29) is 0 Å². The largest absolute Gasteiger partial charge is 0.283 e. The minimum absolute atomic E-state index is 0.295. The smallest absolute Gasteiger partial charge is 0.145 e. The van der Waals surface area contributed by atoms with Crippen molar-refractivity contribution in [2.24, 2.45) is 0 Å². The van der Waals surface area contributed by atoms with E-state index in [1.54, 1.807) is 24.5 Å². The molecule has 0 amide bonds. The van der Waals surface area contributed by atoms with Crippen LogP contribution in [-0.4, -0.2) is 9.97 Å². The molecule has 2 aromatic heterocycles. The number of rotatable bonds is 0. The summed E-state index contributed by atoms with van der Waals surface area (Å²) in [5.74, 6) is 0.295.